The summed E-state index contributed by atoms with van der Waals surface area (Å²) in [6.45, 7) is 4.22. The number of aryl methyl sites for hydroxylation is 1. The lowest BCUT2D eigenvalue weighted by Crippen LogP contribution is -2.24. The maximum Gasteiger partial charge on any atom is 0.260 e. The zero-order valence-electron chi connectivity index (χ0n) is 17.5. The number of aromatic nitrogens is 3. The van der Waals surface area contributed by atoms with Crippen molar-refractivity contribution in [1.29, 1.82) is 0 Å². The fourth-order valence-corrected chi connectivity index (χ4v) is 4.12. The first kappa shape index (κ1) is 19.6. The first-order chi connectivity index (χ1) is 15.2. The topological polar surface area (TPSA) is 77.4 Å². The molecule has 0 saturated carbocycles. The molecule has 7 heteroatoms. The normalized spacial score (nSPS) is 17.8. The molecule has 2 aliphatic heterocycles. The van der Waals surface area contributed by atoms with Crippen LogP contribution in [0.15, 0.2) is 48.8 Å². The average molecular weight is 416 g/mol. The molecule has 1 saturated heterocycles. The number of ether oxygens (including phenoxy) is 2. The standard InChI is InChI=1S/C24H24N4O3/c1-16-11-20(12-26-27-16)18-6-4-17(5-7-18)13-28-14-19-8-9-25-23(22(19)24(28)29)31-15-21-3-2-10-30-21/h4-9,11-12,21H,2-3,10,13-15H2,1H3. The predicted octanol–water partition coefficient (Wildman–Crippen LogP) is 3.56. The molecule has 0 aliphatic carbocycles. The molecule has 1 amide bonds. The summed E-state index contributed by atoms with van der Waals surface area (Å²) in [4.78, 5) is 19.3. The highest BCUT2D eigenvalue weighted by atomic mass is 16.5. The molecule has 1 atom stereocenters. The van der Waals surface area contributed by atoms with Crippen LogP contribution in [0.25, 0.3) is 11.1 Å². The molecule has 158 valence electrons. The lowest BCUT2D eigenvalue weighted by Gasteiger charge is -2.16. The summed E-state index contributed by atoms with van der Waals surface area (Å²) >= 11 is 0. The molecule has 31 heavy (non-hydrogen) atoms. The Balaban J connectivity index is 1.28. The van der Waals surface area contributed by atoms with Crippen molar-refractivity contribution >= 4 is 5.91 Å². The fraction of sp³-hybridized carbons (Fsp3) is 0.333. The Morgan fingerprint density at radius 1 is 1.19 bits per heavy atom. The van der Waals surface area contributed by atoms with Gasteiger partial charge in [-0.25, -0.2) is 4.98 Å². The smallest absolute Gasteiger partial charge is 0.260 e. The minimum Gasteiger partial charge on any atom is -0.474 e. The van der Waals surface area contributed by atoms with Gasteiger partial charge < -0.3 is 14.4 Å². The Bertz CT molecular complexity index is 1090. The van der Waals surface area contributed by atoms with Crippen molar-refractivity contribution in [3.8, 4) is 17.0 Å². The maximum absolute atomic E-state index is 13.1. The van der Waals surface area contributed by atoms with Crippen LogP contribution in [-0.4, -0.2) is 45.3 Å². The van der Waals surface area contributed by atoms with Crippen molar-refractivity contribution in [2.24, 2.45) is 0 Å². The molecule has 1 aromatic carbocycles. The second-order valence-corrected chi connectivity index (χ2v) is 8.04. The molecule has 1 fully saturated rings. The molecule has 2 aliphatic rings. The molecule has 0 N–H and O–H groups in total. The van der Waals surface area contributed by atoms with Crippen molar-refractivity contribution in [2.75, 3.05) is 13.2 Å². The first-order valence-corrected chi connectivity index (χ1v) is 10.6. The number of rotatable bonds is 6. The van der Waals surface area contributed by atoms with Crippen LogP contribution in [0.3, 0.4) is 0 Å². The van der Waals surface area contributed by atoms with Gasteiger partial charge in [0, 0.05) is 31.5 Å². The van der Waals surface area contributed by atoms with Crippen LogP contribution in [0, 0.1) is 6.92 Å². The van der Waals surface area contributed by atoms with E-state index in [4.69, 9.17) is 9.47 Å². The lowest BCUT2D eigenvalue weighted by molar-refractivity contribution is 0.0643. The van der Waals surface area contributed by atoms with E-state index in [0.29, 0.717) is 31.1 Å². The van der Waals surface area contributed by atoms with E-state index in [1.54, 1.807) is 12.4 Å². The van der Waals surface area contributed by atoms with Crippen LogP contribution >= 0.6 is 0 Å². The molecule has 0 bridgehead atoms. The van der Waals surface area contributed by atoms with E-state index in [1.165, 1.54) is 0 Å². The molecule has 0 radical (unpaired) electrons. The number of fused-ring (bicyclic) bond motifs is 1. The summed E-state index contributed by atoms with van der Waals surface area (Å²) in [5.74, 6) is 0.375. The number of pyridine rings is 1. The summed E-state index contributed by atoms with van der Waals surface area (Å²) in [5.41, 5.74) is 5.59. The number of nitrogens with zero attached hydrogens (tertiary/aromatic N) is 4. The highest BCUT2D eigenvalue weighted by Crippen LogP contribution is 2.31. The zero-order valence-corrected chi connectivity index (χ0v) is 17.5. The van der Waals surface area contributed by atoms with Crippen LogP contribution < -0.4 is 4.74 Å². The highest BCUT2D eigenvalue weighted by molar-refractivity contribution is 6.00. The number of hydrogen-bond donors (Lipinski definition) is 0. The molecule has 1 unspecified atom stereocenters. The predicted molar refractivity (Wildman–Crippen MR) is 114 cm³/mol. The van der Waals surface area contributed by atoms with Gasteiger partial charge in [-0.2, -0.15) is 10.2 Å². The average Bonchev–Trinajstić information content (AvgIpc) is 3.41. The van der Waals surface area contributed by atoms with Crippen LogP contribution in [0.5, 0.6) is 5.88 Å². The van der Waals surface area contributed by atoms with E-state index in [-0.39, 0.29) is 12.0 Å². The van der Waals surface area contributed by atoms with Crippen molar-refractivity contribution in [3.05, 3.63) is 71.2 Å². The van der Waals surface area contributed by atoms with Crippen molar-refractivity contribution in [2.45, 2.75) is 39.0 Å². The van der Waals surface area contributed by atoms with E-state index in [1.807, 2.05) is 24.0 Å². The van der Waals surface area contributed by atoms with Gasteiger partial charge in [0.05, 0.1) is 18.0 Å². The van der Waals surface area contributed by atoms with Gasteiger partial charge in [0.15, 0.2) is 0 Å². The largest absolute Gasteiger partial charge is 0.474 e. The number of carbonyl (C=O) groups excluding carboxylic acids is 1. The van der Waals surface area contributed by atoms with E-state index in [9.17, 15) is 4.79 Å². The maximum atomic E-state index is 13.1. The first-order valence-electron chi connectivity index (χ1n) is 10.6. The highest BCUT2D eigenvalue weighted by Gasteiger charge is 2.32. The fourth-order valence-electron chi connectivity index (χ4n) is 4.12. The summed E-state index contributed by atoms with van der Waals surface area (Å²) < 4.78 is 11.5. The Labute approximate surface area is 181 Å². The van der Waals surface area contributed by atoms with Crippen molar-refractivity contribution < 1.29 is 14.3 Å². The number of carbonyl (C=O) groups is 1. The van der Waals surface area contributed by atoms with Gasteiger partial charge in [-0.3, -0.25) is 4.79 Å². The Hall–Kier alpha value is -3.32. The van der Waals surface area contributed by atoms with Gasteiger partial charge >= 0.3 is 0 Å². The second-order valence-electron chi connectivity index (χ2n) is 8.04. The molecule has 3 aromatic rings. The number of amides is 1. The van der Waals surface area contributed by atoms with Gasteiger partial charge in [-0.15, -0.1) is 0 Å². The SMILES string of the molecule is Cc1cc(-c2ccc(CN3Cc4ccnc(OCC5CCCO5)c4C3=O)cc2)cnn1. The van der Waals surface area contributed by atoms with Crippen LogP contribution in [0.2, 0.25) is 0 Å². The lowest BCUT2D eigenvalue weighted by atomic mass is 10.1. The molecule has 0 spiro atoms. The van der Waals surface area contributed by atoms with Gasteiger partial charge in [-0.1, -0.05) is 24.3 Å². The molecule has 5 rings (SSSR count). The van der Waals surface area contributed by atoms with E-state index in [0.717, 1.165) is 47.4 Å². The molecule has 7 nitrogen and oxygen atoms in total. The number of hydrogen-bond acceptors (Lipinski definition) is 6. The minimum absolute atomic E-state index is 0.0384. The second kappa shape index (κ2) is 8.43. The minimum atomic E-state index is -0.0384. The van der Waals surface area contributed by atoms with Crippen LogP contribution in [0.1, 0.15) is 40.0 Å². The van der Waals surface area contributed by atoms with E-state index >= 15 is 0 Å². The van der Waals surface area contributed by atoms with Crippen LogP contribution in [0.4, 0.5) is 0 Å². The third-order valence-electron chi connectivity index (χ3n) is 5.73. The molecular weight excluding hydrogens is 392 g/mol. The van der Waals surface area contributed by atoms with Gasteiger partial charge in [0.1, 0.15) is 12.2 Å². The quantitative estimate of drug-likeness (QED) is 0.612. The summed E-state index contributed by atoms with van der Waals surface area (Å²) in [6, 6.07) is 12.1. The Morgan fingerprint density at radius 3 is 2.84 bits per heavy atom. The molecular formula is C24H24N4O3. The monoisotopic (exact) mass is 416 g/mol. The zero-order chi connectivity index (χ0) is 21.2. The van der Waals surface area contributed by atoms with Gasteiger partial charge in [0.25, 0.3) is 5.91 Å². The Kier molecular flexibility index (Phi) is 5.34. The van der Waals surface area contributed by atoms with E-state index in [2.05, 4.69) is 39.4 Å². The third-order valence-corrected chi connectivity index (χ3v) is 5.73. The third kappa shape index (κ3) is 4.14. The van der Waals surface area contributed by atoms with Crippen molar-refractivity contribution in [3.63, 3.8) is 0 Å². The molecule has 4 heterocycles. The number of benzene rings is 1. The Morgan fingerprint density at radius 2 is 2.06 bits per heavy atom. The summed E-state index contributed by atoms with van der Waals surface area (Å²) in [6.07, 6.45) is 5.59. The van der Waals surface area contributed by atoms with Crippen LogP contribution in [-0.2, 0) is 17.8 Å². The van der Waals surface area contributed by atoms with E-state index < -0.39 is 0 Å². The van der Waals surface area contributed by atoms with Crippen molar-refractivity contribution in [1.82, 2.24) is 20.1 Å². The molecule has 2 aromatic heterocycles. The summed E-state index contributed by atoms with van der Waals surface area (Å²) in [7, 11) is 0. The summed E-state index contributed by atoms with van der Waals surface area (Å²) in [5, 5.41) is 8.02. The van der Waals surface area contributed by atoms with Gasteiger partial charge in [-0.05, 0) is 48.6 Å². The van der Waals surface area contributed by atoms with Gasteiger partial charge in [0.2, 0.25) is 5.88 Å².